The Morgan fingerprint density at radius 1 is 1.13 bits per heavy atom. The number of rotatable bonds is 5. The van der Waals surface area contributed by atoms with Crippen molar-refractivity contribution in [3.8, 4) is 0 Å². The second-order valence-corrected chi connectivity index (χ2v) is 9.96. The number of aromatic nitrogens is 1. The number of sulfonamides is 1. The zero-order valence-electron chi connectivity index (χ0n) is 17.7. The molecule has 2 N–H and O–H groups in total. The van der Waals surface area contributed by atoms with Gasteiger partial charge in [0.1, 0.15) is 0 Å². The van der Waals surface area contributed by atoms with Gasteiger partial charge >= 0.3 is 0 Å². The molecule has 0 radical (unpaired) electrons. The first-order chi connectivity index (χ1) is 14.7. The number of hydrogen-bond donors (Lipinski definition) is 1. The molecule has 0 saturated carbocycles. The van der Waals surface area contributed by atoms with E-state index in [9.17, 15) is 18.0 Å². The van der Waals surface area contributed by atoms with Gasteiger partial charge in [-0.05, 0) is 62.9 Å². The van der Waals surface area contributed by atoms with Crippen molar-refractivity contribution in [2.75, 3.05) is 18.0 Å². The van der Waals surface area contributed by atoms with Crippen LogP contribution in [0.15, 0.2) is 35.2 Å². The Labute approximate surface area is 182 Å². The maximum absolute atomic E-state index is 13.7. The van der Waals surface area contributed by atoms with Gasteiger partial charge in [0.15, 0.2) is 0 Å². The molecular formula is C22H26N4O4S. The molecule has 8 nitrogen and oxygen atoms in total. The molecule has 0 spiro atoms. The van der Waals surface area contributed by atoms with Crippen molar-refractivity contribution in [3.63, 3.8) is 0 Å². The topological polar surface area (TPSA) is 114 Å². The average molecular weight is 443 g/mol. The van der Waals surface area contributed by atoms with E-state index in [-0.39, 0.29) is 10.8 Å². The second-order valence-electron chi connectivity index (χ2n) is 8.11. The predicted octanol–water partition coefficient (Wildman–Crippen LogP) is 2.45. The fourth-order valence-corrected chi connectivity index (χ4v) is 6.35. The number of carbonyl (C=O) groups is 2. The first-order valence-corrected chi connectivity index (χ1v) is 11.8. The lowest BCUT2D eigenvalue weighted by Crippen LogP contribution is -2.32. The summed E-state index contributed by atoms with van der Waals surface area (Å²) in [6.45, 7) is 4.44. The van der Waals surface area contributed by atoms with E-state index in [1.807, 2.05) is 0 Å². The normalized spacial score (nSPS) is 19.9. The number of primary amides is 1. The SMILES string of the molecule is Cc1ccc(N2CCCC2=O)cc1S(=O)(=O)N1CCC[C@@H]1c1ccc(C(N)=O)c(C)n1. The summed E-state index contributed by atoms with van der Waals surface area (Å²) in [5, 5.41) is 0. The minimum Gasteiger partial charge on any atom is -0.366 e. The van der Waals surface area contributed by atoms with Crippen LogP contribution in [0.1, 0.15) is 59.0 Å². The first kappa shape index (κ1) is 21.5. The maximum Gasteiger partial charge on any atom is 0.250 e. The molecule has 31 heavy (non-hydrogen) atoms. The van der Waals surface area contributed by atoms with Gasteiger partial charge in [-0.25, -0.2) is 8.42 Å². The van der Waals surface area contributed by atoms with E-state index in [2.05, 4.69) is 4.98 Å². The van der Waals surface area contributed by atoms with Gasteiger partial charge in [0.25, 0.3) is 5.91 Å². The summed E-state index contributed by atoms with van der Waals surface area (Å²) >= 11 is 0. The van der Waals surface area contributed by atoms with Crippen molar-refractivity contribution in [1.29, 1.82) is 0 Å². The van der Waals surface area contributed by atoms with Gasteiger partial charge in [-0.1, -0.05) is 6.07 Å². The van der Waals surface area contributed by atoms with E-state index >= 15 is 0 Å². The van der Waals surface area contributed by atoms with Crippen molar-refractivity contribution >= 4 is 27.5 Å². The number of benzene rings is 1. The maximum atomic E-state index is 13.7. The monoisotopic (exact) mass is 442 g/mol. The highest BCUT2D eigenvalue weighted by Gasteiger charge is 2.38. The lowest BCUT2D eigenvalue weighted by Gasteiger charge is -2.26. The zero-order valence-corrected chi connectivity index (χ0v) is 18.5. The summed E-state index contributed by atoms with van der Waals surface area (Å²) in [6, 6.07) is 8.03. The quantitative estimate of drug-likeness (QED) is 0.764. The molecule has 0 unspecified atom stereocenters. The highest BCUT2D eigenvalue weighted by molar-refractivity contribution is 7.89. The molecule has 1 atom stereocenters. The molecule has 0 aliphatic carbocycles. The molecule has 1 aromatic heterocycles. The van der Waals surface area contributed by atoms with Crippen LogP contribution in [0.4, 0.5) is 5.69 Å². The fourth-order valence-electron chi connectivity index (χ4n) is 4.43. The molecule has 164 valence electrons. The number of aryl methyl sites for hydroxylation is 2. The number of anilines is 1. The Kier molecular flexibility index (Phi) is 5.57. The Morgan fingerprint density at radius 3 is 2.55 bits per heavy atom. The van der Waals surface area contributed by atoms with Crippen LogP contribution < -0.4 is 10.6 Å². The van der Waals surface area contributed by atoms with Gasteiger partial charge in [0.2, 0.25) is 15.9 Å². The van der Waals surface area contributed by atoms with Gasteiger partial charge in [-0.2, -0.15) is 4.31 Å². The lowest BCUT2D eigenvalue weighted by atomic mass is 10.1. The minimum atomic E-state index is -3.81. The third kappa shape index (κ3) is 3.83. The van der Waals surface area contributed by atoms with Crippen LogP contribution in [0.25, 0.3) is 0 Å². The van der Waals surface area contributed by atoms with Crippen molar-refractivity contribution in [3.05, 3.63) is 52.8 Å². The van der Waals surface area contributed by atoms with Crippen molar-refractivity contribution in [2.24, 2.45) is 5.73 Å². The largest absolute Gasteiger partial charge is 0.366 e. The third-order valence-electron chi connectivity index (χ3n) is 6.06. The van der Waals surface area contributed by atoms with Crippen LogP contribution >= 0.6 is 0 Å². The van der Waals surface area contributed by atoms with Crippen LogP contribution in [-0.2, 0) is 14.8 Å². The molecule has 3 heterocycles. The highest BCUT2D eigenvalue weighted by Crippen LogP contribution is 2.38. The summed E-state index contributed by atoms with van der Waals surface area (Å²) in [4.78, 5) is 30.0. The minimum absolute atomic E-state index is 0.0143. The van der Waals surface area contributed by atoms with Crippen LogP contribution in [0.5, 0.6) is 0 Å². The summed E-state index contributed by atoms with van der Waals surface area (Å²) < 4.78 is 28.8. The molecule has 0 bridgehead atoms. The standard InChI is InChI=1S/C22H26N4O4S/c1-14-7-8-16(25-11-4-6-21(25)27)13-20(14)31(29,30)26-12-3-5-19(26)18-10-9-17(22(23)28)15(2)24-18/h7-10,13,19H,3-6,11-12H2,1-2H3,(H2,23,28)/t19-/m1/s1. The van der Waals surface area contributed by atoms with Crippen LogP contribution in [0, 0.1) is 13.8 Å². The Balaban J connectivity index is 1.70. The van der Waals surface area contributed by atoms with Gasteiger partial charge in [-0.3, -0.25) is 14.6 Å². The third-order valence-corrected chi connectivity index (χ3v) is 8.11. The van der Waals surface area contributed by atoms with E-state index < -0.39 is 22.0 Å². The van der Waals surface area contributed by atoms with E-state index in [0.717, 1.165) is 6.42 Å². The Hall–Kier alpha value is -2.78. The Bertz CT molecular complexity index is 1160. The molecule has 2 fully saturated rings. The molecular weight excluding hydrogens is 416 g/mol. The van der Waals surface area contributed by atoms with Crippen LogP contribution in [-0.4, -0.2) is 42.6 Å². The summed E-state index contributed by atoms with van der Waals surface area (Å²) in [6.07, 6.45) is 2.61. The number of pyridine rings is 1. The summed E-state index contributed by atoms with van der Waals surface area (Å²) in [5.74, 6) is -0.545. The fraction of sp³-hybridized carbons (Fsp3) is 0.409. The molecule has 2 aliphatic rings. The lowest BCUT2D eigenvalue weighted by molar-refractivity contribution is -0.117. The van der Waals surface area contributed by atoms with E-state index in [1.54, 1.807) is 49.1 Å². The first-order valence-electron chi connectivity index (χ1n) is 10.4. The molecule has 2 aliphatic heterocycles. The summed E-state index contributed by atoms with van der Waals surface area (Å²) in [7, 11) is -3.81. The molecule has 2 amide bonds. The zero-order chi connectivity index (χ0) is 22.3. The van der Waals surface area contributed by atoms with Gasteiger partial charge in [-0.15, -0.1) is 0 Å². The predicted molar refractivity (Wildman–Crippen MR) is 116 cm³/mol. The highest BCUT2D eigenvalue weighted by atomic mass is 32.2. The van der Waals surface area contributed by atoms with Crippen molar-refractivity contribution in [2.45, 2.75) is 50.5 Å². The number of amides is 2. The summed E-state index contributed by atoms with van der Waals surface area (Å²) in [5.41, 5.74) is 8.04. The number of hydrogen-bond acceptors (Lipinski definition) is 5. The molecule has 2 saturated heterocycles. The smallest absolute Gasteiger partial charge is 0.250 e. The van der Waals surface area contributed by atoms with Crippen molar-refractivity contribution in [1.82, 2.24) is 9.29 Å². The van der Waals surface area contributed by atoms with Crippen LogP contribution in [0.3, 0.4) is 0 Å². The van der Waals surface area contributed by atoms with Gasteiger partial charge < -0.3 is 10.6 Å². The van der Waals surface area contributed by atoms with Crippen molar-refractivity contribution < 1.29 is 18.0 Å². The molecule has 4 rings (SSSR count). The van der Waals surface area contributed by atoms with E-state index in [4.69, 9.17) is 5.73 Å². The van der Waals surface area contributed by atoms with Crippen LogP contribution in [0.2, 0.25) is 0 Å². The van der Waals surface area contributed by atoms with E-state index in [0.29, 0.717) is 60.6 Å². The second kappa shape index (κ2) is 8.05. The number of carbonyl (C=O) groups excluding carboxylic acids is 2. The van der Waals surface area contributed by atoms with Gasteiger partial charge in [0.05, 0.1) is 27.9 Å². The number of nitrogens with zero attached hydrogens (tertiary/aromatic N) is 3. The van der Waals surface area contributed by atoms with Gasteiger partial charge in [0, 0.05) is 25.2 Å². The molecule has 9 heteroatoms. The Morgan fingerprint density at radius 2 is 1.90 bits per heavy atom. The molecule has 1 aromatic carbocycles. The average Bonchev–Trinajstić information content (AvgIpc) is 3.37. The van der Waals surface area contributed by atoms with E-state index in [1.165, 1.54) is 4.31 Å². The number of nitrogens with two attached hydrogens (primary N) is 1. The molecule has 2 aromatic rings.